The summed E-state index contributed by atoms with van der Waals surface area (Å²) >= 11 is 0. The molecule has 1 aromatic rings. The van der Waals surface area contributed by atoms with Crippen molar-refractivity contribution in [2.75, 3.05) is 12.4 Å². The van der Waals surface area contributed by atoms with E-state index >= 15 is 0 Å². The van der Waals surface area contributed by atoms with Crippen molar-refractivity contribution in [1.82, 2.24) is 4.90 Å². The van der Waals surface area contributed by atoms with Gasteiger partial charge in [-0.05, 0) is 23.6 Å². The van der Waals surface area contributed by atoms with Crippen molar-refractivity contribution in [3.63, 3.8) is 0 Å². The van der Waals surface area contributed by atoms with Gasteiger partial charge in [-0.25, -0.2) is 0 Å². The number of nitrogens with one attached hydrogen (secondary N) is 1. The normalized spacial score (nSPS) is 12.9. The molecule has 1 atom stereocenters. The molecule has 128 valence electrons. The minimum Gasteiger partial charge on any atom is -0.334 e. The highest BCUT2D eigenvalue weighted by Gasteiger charge is 2.41. The van der Waals surface area contributed by atoms with Gasteiger partial charge >= 0.3 is 12.1 Å². The van der Waals surface area contributed by atoms with Crippen LogP contribution in [0.25, 0.3) is 0 Å². The second-order valence-electron chi connectivity index (χ2n) is 5.62. The van der Waals surface area contributed by atoms with Crippen LogP contribution in [0.5, 0.6) is 0 Å². The molecule has 0 heterocycles. The lowest BCUT2D eigenvalue weighted by Crippen LogP contribution is -2.39. The SMILES string of the molecule is CC(C)[C@H](N)C(=O)Nc1cccc(CN(C)C(=O)C(F)(F)F)c1. The quantitative estimate of drug-likeness (QED) is 0.868. The maximum Gasteiger partial charge on any atom is 0.471 e. The van der Waals surface area contributed by atoms with Crippen molar-refractivity contribution in [2.45, 2.75) is 32.6 Å². The molecule has 23 heavy (non-hydrogen) atoms. The third-order valence-corrected chi connectivity index (χ3v) is 3.22. The Balaban J connectivity index is 2.78. The Labute approximate surface area is 132 Å². The number of carbonyl (C=O) groups excluding carboxylic acids is 2. The van der Waals surface area contributed by atoms with Gasteiger partial charge in [0.25, 0.3) is 0 Å². The van der Waals surface area contributed by atoms with Gasteiger partial charge in [0.05, 0.1) is 6.04 Å². The highest BCUT2D eigenvalue weighted by atomic mass is 19.4. The van der Waals surface area contributed by atoms with E-state index in [2.05, 4.69) is 5.32 Å². The molecule has 0 aliphatic carbocycles. The number of hydrogen-bond acceptors (Lipinski definition) is 3. The second-order valence-corrected chi connectivity index (χ2v) is 5.62. The molecular formula is C15H20F3N3O2. The standard InChI is InChI=1S/C15H20F3N3O2/c1-9(2)12(19)13(22)20-11-6-4-5-10(7-11)8-21(3)14(23)15(16,17)18/h4-7,9,12H,8,19H2,1-3H3,(H,20,22)/t12-/m0/s1. The zero-order valence-electron chi connectivity index (χ0n) is 13.1. The van der Waals surface area contributed by atoms with E-state index in [1.807, 2.05) is 0 Å². The highest BCUT2D eigenvalue weighted by Crippen LogP contribution is 2.20. The third-order valence-electron chi connectivity index (χ3n) is 3.22. The average Bonchev–Trinajstić information content (AvgIpc) is 2.44. The molecule has 1 rings (SSSR count). The van der Waals surface area contributed by atoms with Crippen LogP contribution >= 0.6 is 0 Å². The van der Waals surface area contributed by atoms with Crippen LogP contribution in [0.4, 0.5) is 18.9 Å². The van der Waals surface area contributed by atoms with Crippen LogP contribution in [0.3, 0.4) is 0 Å². The first-order valence-electron chi connectivity index (χ1n) is 7.00. The van der Waals surface area contributed by atoms with Crippen LogP contribution in [-0.2, 0) is 16.1 Å². The van der Waals surface area contributed by atoms with Crippen molar-refractivity contribution in [2.24, 2.45) is 11.7 Å². The summed E-state index contributed by atoms with van der Waals surface area (Å²) in [7, 11) is 1.07. The maximum absolute atomic E-state index is 12.4. The number of alkyl halides is 3. The van der Waals surface area contributed by atoms with Gasteiger partial charge in [0.2, 0.25) is 5.91 Å². The first-order valence-corrected chi connectivity index (χ1v) is 7.00. The molecule has 3 N–H and O–H groups in total. The lowest BCUT2D eigenvalue weighted by atomic mass is 10.0. The summed E-state index contributed by atoms with van der Waals surface area (Å²) in [6.45, 7) is 3.38. The zero-order chi connectivity index (χ0) is 17.8. The van der Waals surface area contributed by atoms with Gasteiger partial charge in [-0.15, -0.1) is 0 Å². The van der Waals surface area contributed by atoms with Crippen molar-refractivity contribution >= 4 is 17.5 Å². The van der Waals surface area contributed by atoms with E-state index in [-0.39, 0.29) is 18.4 Å². The maximum atomic E-state index is 12.4. The van der Waals surface area contributed by atoms with Crippen molar-refractivity contribution in [3.05, 3.63) is 29.8 Å². The average molecular weight is 331 g/mol. The summed E-state index contributed by atoms with van der Waals surface area (Å²) in [5.41, 5.74) is 6.60. The fraction of sp³-hybridized carbons (Fsp3) is 0.467. The van der Waals surface area contributed by atoms with E-state index in [1.54, 1.807) is 32.0 Å². The van der Waals surface area contributed by atoms with E-state index in [0.717, 1.165) is 7.05 Å². The van der Waals surface area contributed by atoms with Gasteiger partial charge < -0.3 is 16.0 Å². The summed E-state index contributed by atoms with van der Waals surface area (Å²) in [5.74, 6) is -2.35. The molecule has 0 saturated heterocycles. The largest absolute Gasteiger partial charge is 0.471 e. The Kier molecular flexibility index (Phi) is 6.14. The summed E-state index contributed by atoms with van der Waals surface area (Å²) in [6.07, 6.45) is -4.91. The lowest BCUT2D eigenvalue weighted by molar-refractivity contribution is -0.184. The summed E-state index contributed by atoms with van der Waals surface area (Å²) in [4.78, 5) is 23.6. The lowest BCUT2D eigenvalue weighted by Gasteiger charge is -2.19. The molecule has 0 fully saturated rings. The Hall–Kier alpha value is -2.09. The monoisotopic (exact) mass is 331 g/mol. The Morgan fingerprint density at radius 1 is 1.30 bits per heavy atom. The number of anilines is 1. The fourth-order valence-electron chi connectivity index (χ4n) is 1.84. The number of benzene rings is 1. The molecule has 0 aliphatic heterocycles. The van der Waals surface area contributed by atoms with E-state index in [9.17, 15) is 22.8 Å². The predicted octanol–water partition coefficient (Wildman–Crippen LogP) is 2.13. The Morgan fingerprint density at radius 2 is 1.91 bits per heavy atom. The number of nitrogens with two attached hydrogens (primary N) is 1. The molecule has 1 aromatic carbocycles. The van der Waals surface area contributed by atoms with Gasteiger partial charge in [0.15, 0.2) is 0 Å². The summed E-state index contributed by atoms with van der Waals surface area (Å²) in [6, 6.07) is 5.56. The zero-order valence-corrected chi connectivity index (χ0v) is 13.1. The molecule has 0 saturated carbocycles. The number of nitrogens with zero attached hydrogens (tertiary/aromatic N) is 1. The molecular weight excluding hydrogens is 311 g/mol. The summed E-state index contributed by atoms with van der Waals surface area (Å²) in [5, 5.41) is 2.61. The highest BCUT2D eigenvalue weighted by molar-refractivity contribution is 5.94. The molecule has 5 nitrogen and oxygen atoms in total. The second kappa shape index (κ2) is 7.45. The fourth-order valence-corrected chi connectivity index (χ4v) is 1.84. The molecule has 0 radical (unpaired) electrons. The predicted molar refractivity (Wildman–Crippen MR) is 80.4 cm³/mol. The first kappa shape index (κ1) is 19.0. The van der Waals surface area contributed by atoms with E-state index < -0.39 is 18.1 Å². The van der Waals surface area contributed by atoms with Crippen LogP contribution in [0.1, 0.15) is 19.4 Å². The van der Waals surface area contributed by atoms with Crippen LogP contribution in [0.15, 0.2) is 24.3 Å². The van der Waals surface area contributed by atoms with Crippen molar-refractivity contribution < 1.29 is 22.8 Å². The van der Waals surface area contributed by atoms with Crippen LogP contribution < -0.4 is 11.1 Å². The molecule has 0 aromatic heterocycles. The van der Waals surface area contributed by atoms with Gasteiger partial charge in [-0.3, -0.25) is 9.59 Å². The molecule has 2 amide bonds. The van der Waals surface area contributed by atoms with Crippen LogP contribution in [0, 0.1) is 5.92 Å². The van der Waals surface area contributed by atoms with Crippen LogP contribution in [0.2, 0.25) is 0 Å². The molecule has 8 heteroatoms. The van der Waals surface area contributed by atoms with Gasteiger partial charge in [0.1, 0.15) is 0 Å². The van der Waals surface area contributed by atoms with E-state index in [0.29, 0.717) is 16.2 Å². The van der Waals surface area contributed by atoms with E-state index in [1.165, 1.54) is 6.07 Å². The summed E-state index contributed by atoms with van der Waals surface area (Å²) < 4.78 is 37.1. The molecule has 0 unspecified atom stereocenters. The Morgan fingerprint density at radius 3 is 2.43 bits per heavy atom. The number of hydrogen-bond donors (Lipinski definition) is 2. The van der Waals surface area contributed by atoms with Crippen molar-refractivity contribution in [1.29, 1.82) is 0 Å². The minimum absolute atomic E-state index is 0.0475. The number of rotatable bonds is 5. The first-order chi connectivity index (χ1) is 10.5. The Bertz CT molecular complexity index is 573. The number of halogens is 3. The van der Waals surface area contributed by atoms with Crippen molar-refractivity contribution in [3.8, 4) is 0 Å². The van der Waals surface area contributed by atoms with E-state index in [4.69, 9.17) is 5.73 Å². The number of carbonyl (C=O) groups is 2. The van der Waals surface area contributed by atoms with Gasteiger partial charge in [0, 0.05) is 19.3 Å². The smallest absolute Gasteiger partial charge is 0.334 e. The van der Waals surface area contributed by atoms with Gasteiger partial charge in [-0.1, -0.05) is 26.0 Å². The molecule has 0 aliphatic rings. The minimum atomic E-state index is -4.91. The molecule has 0 bridgehead atoms. The van der Waals surface area contributed by atoms with Gasteiger partial charge in [-0.2, -0.15) is 13.2 Å². The topological polar surface area (TPSA) is 75.4 Å². The van der Waals surface area contributed by atoms with Crippen LogP contribution in [-0.4, -0.2) is 36.0 Å². The molecule has 0 spiro atoms. The third kappa shape index (κ3) is 5.55. The number of amides is 2.